The summed E-state index contributed by atoms with van der Waals surface area (Å²) in [4.78, 5) is 24.8. The molecule has 0 saturated heterocycles. The van der Waals surface area contributed by atoms with Crippen molar-refractivity contribution < 1.29 is 9.59 Å². The van der Waals surface area contributed by atoms with E-state index < -0.39 is 6.04 Å². The molecule has 0 saturated carbocycles. The van der Waals surface area contributed by atoms with E-state index in [-0.39, 0.29) is 17.6 Å². The Morgan fingerprint density at radius 3 is 2.70 bits per heavy atom. The Bertz CT molecular complexity index is 1100. The number of halogens is 1. The number of hydrogen-bond acceptors (Lipinski definition) is 5. The van der Waals surface area contributed by atoms with Crippen molar-refractivity contribution in [3.8, 4) is 0 Å². The Kier molecular flexibility index (Phi) is 9.09. The minimum absolute atomic E-state index is 0.0760. The zero-order chi connectivity index (χ0) is 23.6. The lowest BCUT2D eigenvalue weighted by Gasteiger charge is -2.15. The molecule has 0 aliphatic heterocycles. The molecule has 33 heavy (non-hydrogen) atoms. The molecule has 0 spiro atoms. The van der Waals surface area contributed by atoms with Crippen molar-refractivity contribution in [3.05, 3.63) is 89.2 Å². The Morgan fingerprint density at radius 2 is 1.97 bits per heavy atom. The highest BCUT2D eigenvalue weighted by molar-refractivity contribution is 7.99. The summed E-state index contributed by atoms with van der Waals surface area (Å²) in [7, 11) is 0. The summed E-state index contributed by atoms with van der Waals surface area (Å²) >= 11 is 7.28. The number of aromatic nitrogens is 3. The maximum atomic E-state index is 12.6. The van der Waals surface area contributed by atoms with Crippen LogP contribution in [-0.4, -0.2) is 38.9 Å². The van der Waals surface area contributed by atoms with E-state index in [9.17, 15) is 9.59 Å². The minimum atomic E-state index is -0.405. The fourth-order valence-corrected chi connectivity index (χ4v) is 4.15. The van der Waals surface area contributed by atoms with Crippen LogP contribution in [0.4, 0.5) is 0 Å². The van der Waals surface area contributed by atoms with Gasteiger partial charge < -0.3 is 15.2 Å². The lowest BCUT2D eigenvalue weighted by Crippen LogP contribution is -2.29. The highest BCUT2D eigenvalue weighted by Crippen LogP contribution is 2.21. The topological polar surface area (TPSA) is 88.9 Å². The number of carbonyl (C=O) groups excluding carboxylic acids is 2. The van der Waals surface area contributed by atoms with Crippen LogP contribution in [0.3, 0.4) is 0 Å². The van der Waals surface area contributed by atoms with Gasteiger partial charge in [-0.25, -0.2) is 0 Å². The molecule has 0 aliphatic carbocycles. The van der Waals surface area contributed by atoms with Crippen molar-refractivity contribution >= 4 is 35.2 Å². The van der Waals surface area contributed by atoms with Crippen LogP contribution >= 0.6 is 23.4 Å². The number of carbonyl (C=O) groups is 2. The number of hydrogen-bond donors (Lipinski definition) is 2. The van der Waals surface area contributed by atoms with Crippen LogP contribution in [0.5, 0.6) is 0 Å². The van der Waals surface area contributed by atoms with Crippen molar-refractivity contribution in [3.63, 3.8) is 0 Å². The predicted molar refractivity (Wildman–Crippen MR) is 131 cm³/mol. The van der Waals surface area contributed by atoms with E-state index in [4.69, 9.17) is 11.6 Å². The predicted octanol–water partition coefficient (Wildman–Crippen LogP) is 4.06. The molecule has 2 N–H and O–H groups in total. The third-order valence-electron chi connectivity index (χ3n) is 4.79. The largest absolute Gasteiger partial charge is 0.355 e. The van der Waals surface area contributed by atoms with Gasteiger partial charge in [-0.15, -0.1) is 16.8 Å². The van der Waals surface area contributed by atoms with Crippen LogP contribution in [-0.2, 0) is 17.8 Å². The van der Waals surface area contributed by atoms with Gasteiger partial charge in [-0.1, -0.05) is 65.8 Å². The summed E-state index contributed by atoms with van der Waals surface area (Å²) < 4.78 is 1.85. The number of thioether (sulfide) groups is 1. The molecule has 2 aromatic carbocycles. The van der Waals surface area contributed by atoms with E-state index in [0.29, 0.717) is 34.7 Å². The molecule has 0 radical (unpaired) electrons. The molecule has 9 heteroatoms. The van der Waals surface area contributed by atoms with E-state index in [1.807, 2.05) is 41.8 Å². The first-order valence-corrected chi connectivity index (χ1v) is 11.9. The number of nitrogens with one attached hydrogen (secondary N) is 2. The smallest absolute Gasteiger partial charge is 0.251 e. The van der Waals surface area contributed by atoms with E-state index in [0.717, 1.165) is 6.42 Å². The van der Waals surface area contributed by atoms with Gasteiger partial charge in [0, 0.05) is 23.7 Å². The van der Waals surface area contributed by atoms with Gasteiger partial charge in [0.05, 0.1) is 11.8 Å². The van der Waals surface area contributed by atoms with Crippen molar-refractivity contribution in [2.45, 2.75) is 31.1 Å². The molecule has 1 heterocycles. The van der Waals surface area contributed by atoms with E-state index in [1.165, 1.54) is 17.3 Å². The number of benzene rings is 2. The van der Waals surface area contributed by atoms with Gasteiger partial charge in [-0.05, 0) is 37.1 Å². The number of amides is 2. The fraction of sp³-hybridized carbons (Fsp3) is 0.250. The van der Waals surface area contributed by atoms with Crippen molar-refractivity contribution in [2.75, 3.05) is 12.3 Å². The lowest BCUT2D eigenvalue weighted by molar-refractivity contribution is -0.118. The zero-order valence-corrected chi connectivity index (χ0v) is 19.9. The Morgan fingerprint density at radius 1 is 1.18 bits per heavy atom. The summed E-state index contributed by atoms with van der Waals surface area (Å²) in [6, 6.07) is 16.3. The SMILES string of the molecule is C=CCn1c(SCC(=O)NCCc2ccccc2)nnc1C(C)NC(=O)c1cccc(Cl)c1. The Hall–Kier alpha value is -3.10. The molecule has 3 aromatic rings. The van der Waals surface area contributed by atoms with Crippen LogP contribution in [0.15, 0.2) is 72.4 Å². The van der Waals surface area contributed by atoms with Crippen LogP contribution < -0.4 is 10.6 Å². The van der Waals surface area contributed by atoms with Crippen LogP contribution in [0.1, 0.15) is 34.7 Å². The molecule has 0 fully saturated rings. The van der Waals surface area contributed by atoms with Crippen molar-refractivity contribution in [1.82, 2.24) is 25.4 Å². The molecule has 2 amide bonds. The molecule has 0 aliphatic rings. The van der Waals surface area contributed by atoms with Gasteiger partial charge in [0.2, 0.25) is 5.91 Å². The number of rotatable bonds is 11. The van der Waals surface area contributed by atoms with Gasteiger partial charge in [0.15, 0.2) is 11.0 Å². The molecule has 3 rings (SSSR count). The summed E-state index contributed by atoms with van der Waals surface area (Å²) in [6.07, 6.45) is 2.50. The lowest BCUT2D eigenvalue weighted by atomic mass is 10.1. The summed E-state index contributed by atoms with van der Waals surface area (Å²) in [5, 5.41) is 15.4. The second kappa shape index (κ2) is 12.2. The van der Waals surface area contributed by atoms with Crippen molar-refractivity contribution in [2.24, 2.45) is 0 Å². The molecule has 0 bridgehead atoms. The molecule has 1 aromatic heterocycles. The highest BCUT2D eigenvalue weighted by atomic mass is 35.5. The first kappa shape index (κ1) is 24.5. The number of allylic oxidation sites excluding steroid dienone is 1. The minimum Gasteiger partial charge on any atom is -0.355 e. The summed E-state index contributed by atoms with van der Waals surface area (Å²) in [6.45, 7) is 6.65. The maximum absolute atomic E-state index is 12.6. The maximum Gasteiger partial charge on any atom is 0.251 e. The standard InChI is InChI=1S/C24H26ClN5O2S/c1-3-14-30-22(17(2)27-23(32)19-10-7-11-20(25)15-19)28-29-24(30)33-16-21(31)26-13-12-18-8-5-4-6-9-18/h3-11,15,17H,1,12-14,16H2,2H3,(H,26,31)(H,27,32). The molecule has 172 valence electrons. The second-order valence-corrected chi connectivity index (χ2v) is 8.70. The van der Waals surface area contributed by atoms with E-state index in [1.54, 1.807) is 30.3 Å². The fourth-order valence-electron chi connectivity index (χ4n) is 3.17. The molecular formula is C24H26ClN5O2S. The monoisotopic (exact) mass is 483 g/mol. The first-order chi connectivity index (χ1) is 16.0. The zero-order valence-electron chi connectivity index (χ0n) is 18.3. The van der Waals surface area contributed by atoms with Gasteiger partial charge in [0.1, 0.15) is 0 Å². The Labute approximate surface area is 202 Å². The molecule has 1 atom stereocenters. The number of nitrogens with zero attached hydrogens (tertiary/aromatic N) is 3. The van der Waals surface area contributed by atoms with Crippen LogP contribution in [0.2, 0.25) is 5.02 Å². The molecular weight excluding hydrogens is 458 g/mol. The average Bonchev–Trinajstić information content (AvgIpc) is 3.21. The first-order valence-electron chi connectivity index (χ1n) is 10.5. The molecule has 7 nitrogen and oxygen atoms in total. The van der Waals surface area contributed by atoms with Crippen LogP contribution in [0, 0.1) is 0 Å². The Balaban J connectivity index is 1.57. The third-order valence-corrected chi connectivity index (χ3v) is 5.99. The van der Waals surface area contributed by atoms with Crippen LogP contribution in [0.25, 0.3) is 0 Å². The van der Waals surface area contributed by atoms with Gasteiger partial charge in [-0.3, -0.25) is 9.59 Å². The quantitative estimate of drug-likeness (QED) is 0.317. The summed E-state index contributed by atoms with van der Waals surface area (Å²) in [5.74, 6) is 0.461. The van der Waals surface area contributed by atoms with Gasteiger partial charge in [-0.2, -0.15) is 0 Å². The average molecular weight is 484 g/mol. The van der Waals surface area contributed by atoms with Gasteiger partial charge in [0.25, 0.3) is 5.91 Å². The van der Waals surface area contributed by atoms with Gasteiger partial charge >= 0.3 is 0 Å². The van der Waals surface area contributed by atoms with Crippen molar-refractivity contribution in [1.29, 1.82) is 0 Å². The van der Waals surface area contributed by atoms with E-state index >= 15 is 0 Å². The molecule has 1 unspecified atom stereocenters. The van der Waals surface area contributed by atoms with E-state index in [2.05, 4.69) is 27.4 Å². The summed E-state index contributed by atoms with van der Waals surface area (Å²) in [5.41, 5.74) is 1.64. The normalized spacial score (nSPS) is 11.6. The second-order valence-electron chi connectivity index (χ2n) is 7.32. The third kappa shape index (κ3) is 7.20. The highest BCUT2D eigenvalue weighted by Gasteiger charge is 2.20.